The van der Waals surface area contributed by atoms with E-state index in [4.69, 9.17) is 5.26 Å². The van der Waals surface area contributed by atoms with Gasteiger partial charge in [-0.15, -0.1) is 0 Å². The molecule has 1 N–H and O–H groups in total. The number of ketones is 1. The van der Waals surface area contributed by atoms with Gasteiger partial charge in [0.05, 0.1) is 24.3 Å². The highest BCUT2D eigenvalue weighted by Crippen LogP contribution is 2.49. The van der Waals surface area contributed by atoms with Crippen molar-refractivity contribution in [3.8, 4) is 11.8 Å². The average molecular weight is 425 g/mol. The largest absolute Gasteiger partial charge is 0.391 e. The van der Waals surface area contributed by atoms with Crippen molar-refractivity contribution in [3.63, 3.8) is 0 Å². The van der Waals surface area contributed by atoms with Crippen LogP contribution in [0.4, 0.5) is 8.78 Å². The molecule has 2 bridgehead atoms. The lowest BCUT2D eigenvalue weighted by Crippen LogP contribution is -2.36. The second kappa shape index (κ2) is 7.25. The molecule has 3 heterocycles. The molecule has 162 valence electrons. The molecule has 31 heavy (non-hydrogen) atoms. The molecule has 2 aliphatic heterocycles. The molecular formula is C24H25F2N3O2. The van der Waals surface area contributed by atoms with Crippen LogP contribution in [0.3, 0.4) is 0 Å². The smallest absolute Gasteiger partial charge is 0.249 e. The van der Waals surface area contributed by atoms with Gasteiger partial charge in [0.2, 0.25) is 5.92 Å². The summed E-state index contributed by atoms with van der Waals surface area (Å²) in [7, 11) is 0. The Balaban J connectivity index is 1.48. The van der Waals surface area contributed by atoms with Crippen LogP contribution in [0.2, 0.25) is 0 Å². The first-order valence-electron chi connectivity index (χ1n) is 10.8. The van der Waals surface area contributed by atoms with Crippen molar-refractivity contribution in [2.75, 3.05) is 6.54 Å². The topological polar surface area (TPSA) is 69.3 Å². The van der Waals surface area contributed by atoms with Crippen LogP contribution in [0, 0.1) is 18.3 Å². The highest BCUT2D eigenvalue weighted by molar-refractivity contribution is 5.99. The minimum atomic E-state index is -2.66. The number of rotatable bonds is 5. The van der Waals surface area contributed by atoms with Gasteiger partial charge in [-0.2, -0.15) is 5.26 Å². The number of alkyl halides is 2. The van der Waals surface area contributed by atoms with Crippen molar-refractivity contribution in [3.05, 3.63) is 52.8 Å². The molecule has 5 rings (SSSR count). The van der Waals surface area contributed by atoms with E-state index in [1.807, 2.05) is 11.5 Å². The van der Waals surface area contributed by atoms with Crippen molar-refractivity contribution in [1.29, 1.82) is 5.26 Å². The summed E-state index contributed by atoms with van der Waals surface area (Å²) in [4.78, 5) is 15.4. The molecule has 3 atom stereocenters. The van der Waals surface area contributed by atoms with Crippen molar-refractivity contribution in [1.82, 2.24) is 9.47 Å². The number of carbonyl (C=O) groups is 1. The molecule has 7 heteroatoms. The van der Waals surface area contributed by atoms with Crippen LogP contribution < -0.4 is 0 Å². The van der Waals surface area contributed by atoms with Gasteiger partial charge in [-0.1, -0.05) is 0 Å². The van der Waals surface area contributed by atoms with E-state index in [0.29, 0.717) is 17.5 Å². The van der Waals surface area contributed by atoms with E-state index in [-0.39, 0.29) is 49.3 Å². The fourth-order valence-corrected chi connectivity index (χ4v) is 5.68. The van der Waals surface area contributed by atoms with Crippen LogP contribution in [0.15, 0.2) is 30.3 Å². The maximum absolute atomic E-state index is 13.6. The van der Waals surface area contributed by atoms with Crippen LogP contribution in [-0.2, 0) is 0 Å². The molecule has 0 spiro atoms. The van der Waals surface area contributed by atoms with Gasteiger partial charge in [0.15, 0.2) is 5.78 Å². The highest BCUT2D eigenvalue weighted by atomic mass is 19.3. The Kier molecular flexibility index (Phi) is 4.76. The van der Waals surface area contributed by atoms with E-state index >= 15 is 0 Å². The van der Waals surface area contributed by atoms with Gasteiger partial charge < -0.3 is 9.67 Å². The second-order valence-corrected chi connectivity index (χ2v) is 9.22. The molecule has 1 aromatic heterocycles. The van der Waals surface area contributed by atoms with E-state index in [2.05, 4.69) is 11.0 Å². The summed E-state index contributed by atoms with van der Waals surface area (Å²) >= 11 is 0. The molecule has 1 saturated carbocycles. The van der Waals surface area contributed by atoms with Gasteiger partial charge in [-0.05, 0) is 56.5 Å². The molecule has 0 unspecified atom stereocenters. The van der Waals surface area contributed by atoms with Crippen molar-refractivity contribution >= 4 is 5.78 Å². The first-order valence-corrected chi connectivity index (χ1v) is 10.8. The molecule has 2 saturated heterocycles. The van der Waals surface area contributed by atoms with Gasteiger partial charge in [-0.25, -0.2) is 8.78 Å². The number of halogens is 2. The monoisotopic (exact) mass is 425 g/mol. The summed E-state index contributed by atoms with van der Waals surface area (Å²) in [6, 6.07) is 11.1. The first kappa shape index (κ1) is 20.3. The molecule has 3 fully saturated rings. The molecule has 0 amide bonds. The quantitative estimate of drug-likeness (QED) is 0.737. The van der Waals surface area contributed by atoms with Crippen molar-refractivity contribution in [2.24, 2.45) is 0 Å². The summed E-state index contributed by atoms with van der Waals surface area (Å²) < 4.78 is 29.2. The Morgan fingerprint density at radius 3 is 2.52 bits per heavy atom. The molecule has 1 aliphatic carbocycles. The predicted octanol–water partition coefficient (Wildman–Crippen LogP) is 3.95. The summed E-state index contributed by atoms with van der Waals surface area (Å²) in [5.74, 6) is -3.01. The molecule has 2 aromatic rings. The second-order valence-electron chi connectivity index (χ2n) is 9.22. The number of aromatic nitrogens is 1. The number of benzene rings is 1. The lowest BCUT2D eigenvalue weighted by Gasteiger charge is -2.35. The number of fused-ring (bicyclic) bond motifs is 2. The number of nitriles is 1. The Morgan fingerprint density at radius 1 is 1.26 bits per heavy atom. The standard InChI is InChI=1S/C24H25F2N3O2/c1-14-19(23(31)13-28-18-6-7-20(28)22(30)8-18)9-21(16-10-24(25,26)11-16)29(14)17-4-2-15(12-27)3-5-17/h2-5,9,16,18,20,22,30H,6-8,10-11,13H2,1H3/t18-,20+,22+/m0/s1. The zero-order valence-electron chi connectivity index (χ0n) is 17.4. The van der Waals surface area contributed by atoms with Gasteiger partial charge in [0.1, 0.15) is 0 Å². The van der Waals surface area contributed by atoms with Crippen LogP contribution in [0.25, 0.3) is 5.69 Å². The average Bonchev–Trinajstić information content (AvgIpc) is 3.36. The van der Waals surface area contributed by atoms with E-state index in [1.54, 1.807) is 30.3 Å². The number of carbonyl (C=O) groups excluding carboxylic acids is 1. The number of nitrogens with zero attached hydrogens (tertiary/aromatic N) is 3. The lowest BCUT2D eigenvalue weighted by molar-refractivity contribution is -0.0879. The van der Waals surface area contributed by atoms with E-state index < -0.39 is 5.92 Å². The molecule has 1 aromatic carbocycles. The van der Waals surface area contributed by atoms with Crippen LogP contribution in [0.1, 0.15) is 65.3 Å². The van der Waals surface area contributed by atoms with E-state index in [9.17, 15) is 18.7 Å². The Labute approximate surface area is 179 Å². The van der Waals surface area contributed by atoms with Gasteiger partial charge in [-0.3, -0.25) is 9.69 Å². The summed E-state index contributed by atoms with van der Waals surface area (Å²) in [6.07, 6.45) is 1.82. The summed E-state index contributed by atoms with van der Waals surface area (Å²) in [5.41, 5.74) is 3.28. The van der Waals surface area contributed by atoms with Gasteiger partial charge >= 0.3 is 0 Å². The SMILES string of the molecule is Cc1c(C(=O)CN2[C@H]3CC[C@@H]2[C@H](O)C3)cc(C2CC(F)(F)C2)n1-c1ccc(C#N)cc1. The lowest BCUT2D eigenvalue weighted by atomic mass is 9.79. The van der Waals surface area contributed by atoms with Crippen LogP contribution in [-0.4, -0.2) is 51.0 Å². The van der Waals surface area contributed by atoms with E-state index in [1.165, 1.54) is 0 Å². The Morgan fingerprint density at radius 2 is 1.97 bits per heavy atom. The molecular weight excluding hydrogens is 400 g/mol. The highest BCUT2D eigenvalue weighted by Gasteiger charge is 2.48. The minimum absolute atomic E-state index is 0.0387. The first-order chi connectivity index (χ1) is 14.8. The third-order valence-corrected chi connectivity index (χ3v) is 7.31. The van der Waals surface area contributed by atoms with Crippen LogP contribution in [0.5, 0.6) is 0 Å². The fourth-order valence-electron chi connectivity index (χ4n) is 5.68. The van der Waals surface area contributed by atoms with Gasteiger partial charge in [0.25, 0.3) is 0 Å². The Hall–Kier alpha value is -2.56. The molecule has 5 nitrogen and oxygen atoms in total. The number of aliphatic hydroxyl groups excluding tert-OH is 1. The third kappa shape index (κ3) is 3.38. The van der Waals surface area contributed by atoms with Crippen LogP contribution >= 0.6 is 0 Å². The summed E-state index contributed by atoms with van der Waals surface area (Å²) in [6.45, 7) is 2.09. The summed E-state index contributed by atoms with van der Waals surface area (Å²) in [5, 5.41) is 19.3. The van der Waals surface area contributed by atoms with Crippen molar-refractivity contribution < 1.29 is 18.7 Å². The van der Waals surface area contributed by atoms with Crippen molar-refractivity contribution in [2.45, 2.75) is 69.1 Å². The third-order valence-electron chi connectivity index (χ3n) is 7.31. The zero-order chi connectivity index (χ0) is 21.9. The maximum atomic E-state index is 13.6. The number of aliphatic hydroxyl groups is 1. The fraction of sp³-hybridized carbons (Fsp3) is 0.500. The predicted molar refractivity (Wildman–Crippen MR) is 111 cm³/mol. The molecule has 3 aliphatic rings. The normalized spacial score (nSPS) is 27.3. The van der Waals surface area contributed by atoms with E-state index in [0.717, 1.165) is 29.9 Å². The number of hydrogen-bond acceptors (Lipinski definition) is 4. The zero-order valence-corrected chi connectivity index (χ0v) is 17.4. The number of Topliss-reactive ketones (excluding diaryl/α,β-unsaturated/α-hetero) is 1. The molecule has 0 radical (unpaired) electrons. The number of hydrogen-bond donors (Lipinski definition) is 1. The van der Waals surface area contributed by atoms with Gasteiger partial charge in [0, 0.05) is 53.5 Å². The maximum Gasteiger partial charge on any atom is 0.249 e. The Bertz CT molecular complexity index is 1060. The minimum Gasteiger partial charge on any atom is -0.391 e.